The molecule has 0 unspecified atom stereocenters. The molecule has 0 radical (unpaired) electrons. The molecule has 0 heterocycles. The number of carbonyl (C=O) groups excluding carboxylic acids is 2. The van der Waals surface area contributed by atoms with Gasteiger partial charge in [0.15, 0.2) is 0 Å². The number of hydrogen-bond donors (Lipinski definition) is 2. The summed E-state index contributed by atoms with van der Waals surface area (Å²) in [7, 11) is 0. The lowest BCUT2D eigenvalue weighted by Crippen LogP contribution is -2.44. The zero-order valence-electron chi connectivity index (χ0n) is 12.4. The van der Waals surface area contributed by atoms with E-state index in [4.69, 9.17) is 0 Å². The van der Waals surface area contributed by atoms with Gasteiger partial charge in [-0.3, -0.25) is 4.79 Å². The number of nitrogens with one attached hydrogen (secondary N) is 2. The van der Waals surface area contributed by atoms with Gasteiger partial charge in [0.2, 0.25) is 5.91 Å². The first-order chi connectivity index (χ1) is 9.08. The average Bonchev–Trinajstić information content (AvgIpc) is 2.76. The maximum atomic E-state index is 11.7. The van der Waals surface area contributed by atoms with E-state index in [0.29, 0.717) is 24.9 Å². The van der Waals surface area contributed by atoms with Crippen molar-refractivity contribution in [1.82, 2.24) is 15.5 Å². The van der Waals surface area contributed by atoms with Crippen LogP contribution >= 0.6 is 0 Å². The first kappa shape index (κ1) is 15.8. The Morgan fingerprint density at radius 3 is 2.42 bits per heavy atom. The normalized spacial score (nSPS) is 22.1. The molecule has 2 atom stereocenters. The van der Waals surface area contributed by atoms with Crippen LogP contribution in [0.2, 0.25) is 0 Å². The Kier molecular flexibility index (Phi) is 6.67. The van der Waals surface area contributed by atoms with E-state index in [-0.39, 0.29) is 11.9 Å². The van der Waals surface area contributed by atoms with Crippen LogP contribution in [0.1, 0.15) is 46.5 Å². The van der Waals surface area contributed by atoms with Gasteiger partial charge in [-0.15, -0.1) is 0 Å². The van der Waals surface area contributed by atoms with E-state index < -0.39 is 0 Å². The molecule has 5 nitrogen and oxygen atoms in total. The highest BCUT2D eigenvalue weighted by molar-refractivity contribution is 5.78. The van der Waals surface area contributed by atoms with Crippen molar-refractivity contribution in [2.45, 2.75) is 52.5 Å². The molecule has 1 aliphatic carbocycles. The van der Waals surface area contributed by atoms with Crippen LogP contribution in [0.3, 0.4) is 0 Å². The summed E-state index contributed by atoms with van der Waals surface area (Å²) in [6, 6.07) is 0.143. The number of rotatable bonds is 6. The van der Waals surface area contributed by atoms with Crippen LogP contribution in [0, 0.1) is 5.92 Å². The summed E-state index contributed by atoms with van der Waals surface area (Å²) >= 11 is 0. The number of urea groups is 1. The van der Waals surface area contributed by atoms with Gasteiger partial charge in [0.05, 0.1) is 0 Å². The largest absolute Gasteiger partial charge is 0.343 e. The summed E-state index contributed by atoms with van der Waals surface area (Å²) in [5, 5.41) is 5.75. The van der Waals surface area contributed by atoms with Crippen molar-refractivity contribution in [3.05, 3.63) is 0 Å². The first-order valence-electron chi connectivity index (χ1n) is 7.40. The minimum absolute atomic E-state index is 0.0968. The van der Waals surface area contributed by atoms with Crippen molar-refractivity contribution in [3.63, 3.8) is 0 Å². The molecule has 19 heavy (non-hydrogen) atoms. The third-order valence-electron chi connectivity index (χ3n) is 3.92. The van der Waals surface area contributed by atoms with Crippen molar-refractivity contribution in [3.8, 4) is 0 Å². The Balaban J connectivity index is 2.18. The molecule has 0 bridgehead atoms. The SMILES string of the molecule is CCN(CC)C(=O)CCNC(=O)N[C@H]1CCC[C@H]1C. The number of amides is 3. The monoisotopic (exact) mass is 269 g/mol. The van der Waals surface area contributed by atoms with Crippen LogP contribution in [0.4, 0.5) is 4.79 Å². The van der Waals surface area contributed by atoms with Crippen molar-refractivity contribution in [2.24, 2.45) is 5.92 Å². The van der Waals surface area contributed by atoms with Crippen LogP contribution in [0.15, 0.2) is 0 Å². The van der Waals surface area contributed by atoms with E-state index in [1.807, 2.05) is 13.8 Å². The minimum Gasteiger partial charge on any atom is -0.343 e. The minimum atomic E-state index is -0.147. The van der Waals surface area contributed by atoms with Crippen LogP contribution in [-0.2, 0) is 4.79 Å². The predicted octanol–water partition coefficient (Wildman–Crippen LogP) is 1.73. The quantitative estimate of drug-likeness (QED) is 0.771. The van der Waals surface area contributed by atoms with Gasteiger partial charge in [0.1, 0.15) is 0 Å². The summed E-state index contributed by atoms with van der Waals surface area (Å²) in [6.07, 6.45) is 3.81. The molecule has 1 saturated carbocycles. The van der Waals surface area contributed by atoms with Crippen molar-refractivity contribution in [2.75, 3.05) is 19.6 Å². The maximum absolute atomic E-state index is 11.7. The van der Waals surface area contributed by atoms with Gasteiger partial charge in [-0.05, 0) is 32.6 Å². The van der Waals surface area contributed by atoms with E-state index in [1.165, 1.54) is 12.8 Å². The van der Waals surface area contributed by atoms with Gasteiger partial charge < -0.3 is 15.5 Å². The fourth-order valence-corrected chi connectivity index (χ4v) is 2.60. The van der Waals surface area contributed by atoms with Crippen molar-refractivity contribution in [1.29, 1.82) is 0 Å². The van der Waals surface area contributed by atoms with E-state index in [2.05, 4.69) is 17.6 Å². The highest BCUT2D eigenvalue weighted by Crippen LogP contribution is 2.24. The zero-order valence-corrected chi connectivity index (χ0v) is 12.4. The van der Waals surface area contributed by atoms with Crippen LogP contribution in [0.5, 0.6) is 0 Å². The molecule has 0 aromatic rings. The fraction of sp³-hybridized carbons (Fsp3) is 0.857. The lowest BCUT2D eigenvalue weighted by atomic mass is 10.1. The van der Waals surface area contributed by atoms with Crippen molar-refractivity contribution >= 4 is 11.9 Å². The third-order valence-corrected chi connectivity index (χ3v) is 3.92. The summed E-state index contributed by atoms with van der Waals surface area (Å²) in [5.41, 5.74) is 0. The smallest absolute Gasteiger partial charge is 0.315 e. The molecule has 0 spiro atoms. The van der Waals surface area contributed by atoms with Crippen LogP contribution < -0.4 is 10.6 Å². The highest BCUT2D eigenvalue weighted by Gasteiger charge is 2.24. The average molecular weight is 269 g/mol. The predicted molar refractivity (Wildman–Crippen MR) is 75.9 cm³/mol. The molecule has 1 aliphatic rings. The van der Waals surface area contributed by atoms with Gasteiger partial charge in [-0.2, -0.15) is 0 Å². The lowest BCUT2D eigenvalue weighted by Gasteiger charge is -2.20. The number of hydrogen-bond acceptors (Lipinski definition) is 2. The second-order valence-electron chi connectivity index (χ2n) is 5.23. The van der Waals surface area contributed by atoms with E-state index in [9.17, 15) is 9.59 Å². The summed E-state index contributed by atoms with van der Waals surface area (Å²) in [5.74, 6) is 0.655. The first-order valence-corrected chi connectivity index (χ1v) is 7.40. The van der Waals surface area contributed by atoms with Gasteiger partial charge >= 0.3 is 6.03 Å². The van der Waals surface area contributed by atoms with Gasteiger partial charge in [0.25, 0.3) is 0 Å². The standard InChI is InChI=1S/C14H27N3O2/c1-4-17(5-2)13(18)9-10-15-14(19)16-12-8-6-7-11(12)3/h11-12H,4-10H2,1-3H3,(H2,15,16,19)/t11-,12+/m1/s1. The molecule has 5 heteroatoms. The fourth-order valence-electron chi connectivity index (χ4n) is 2.60. The van der Waals surface area contributed by atoms with E-state index in [0.717, 1.165) is 19.5 Å². The lowest BCUT2D eigenvalue weighted by molar-refractivity contribution is -0.130. The molecular weight excluding hydrogens is 242 g/mol. The Morgan fingerprint density at radius 2 is 1.89 bits per heavy atom. The molecule has 3 amide bonds. The van der Waals surface area contributed by atoms with E-state index >= 15 is 0 Å². The number of carbonyl (C=O) groups is 2. The molecule has 110 valence electrons. The van der Waals surface area contributed by atoms with Crippen molar-refractivity contribution < 1.29 is 9.59 Å². The van der Waals surface area contributed by atoms with E-state index in [1.54, 1.807) is 4.90 Å². The summed E-state index contributed by atoms with van der Waals surface area (Å²) in [4.78, 5) is 25.2. The second kappa shape index (κ2) is 8.02. The topological polar surface area (TPSA) is 61.4 Å². The van der Waals surface area contributed by atoms with Gasteiger partial charge in [0, 0.05) is 32.1 Å². The highest BCUT2D eigenvalue weighted by atomic mass is 16.2. The van der Waals surface area contributed by atoms with Gasteiger partial charge in [-0.25, -0.2) is 4.79 Å². The van der Waals surface area contributed by atoms with Crippen LogP contribution in [-0.4, -0.2) is 42.5 Å². The molecule has 1 rings (SSSR count). The zero-order chi connectivity index (χ0) is 14.3. The third kappa shape index (κ3) is 5.09. The molecule has 0 aliphatic heterocycles. The molecule has 0 aromatic heterocycles. The maximum Gasteiger partial charge on any atom is 0.315 e. The summed E-state index contributed by atoms with van der Waals surface area (Å²) in [6.45, 7) is 7.94. The van der Waals surface area contributed by atoms with Crippen LogP contribution in [0.25, 0.3) is 0 Å². The molecule has 2 N–H and O–H groups in total. The Labute approximate surface area is 116 Å². The van der Waals surface area contributed by atoms with Gasteiger partial charge in [-0.1, -0.05) is 13.3 Å². The molecular formula is C14H27N3O2. The number of nitrogens with zero attached hydrogens (tertiary/aromatic N) is 1. The Morgan fingerprint density at radius 1 is 1.21 bits per heavy atom. The summed E-state index contributed by atoms with van der Waals surface area (Å²) < 4.78 is 0. The Bertz CT molecular complexity index is 303. The Hall–Kier alpha value is -1.26. The molecule has 1 fully saturated rings. The molecule has 0 aromatic carbocycles. The second-order valence-corrected chi connectivity index (χ2v) is 5.23. The molecule has 0 saturated heterocycles.